The van der Waals surface area contributed by atoms with Gasteiger partial charge in [-0.1, -0.05) is 46.4 Å². The number of nitrogens with one attached hydrogen (secondary N) is 3. The number of benzene rings is 4. The number of halogens is 6. The molecule has 3 amide bonds. The van der Waals surface area contributed by atoms with Crippen LogP contribution in [-0.2, 0) is 13.1 Å². The van der Waals surface area contributed by atoms with Gasteiger partial charge in [0, 0.05) is 74.8 Å². The minimum absolute atomic E-state index is 0. The van der Waals surface area contributed by atoms with Crippen molar-refractivity contribution in [2.75, 3.05) is 86.6 Å². The normalized spacial score (nSPS) is 15.8. The van der Waals surface area contributed by atoms with Gasteiger partial charge in [-0.3, -0.25) is 14.4 Å². The molecule has 2 unspecified atom stereocenters. The predicted molar refractivity (Wildman–Crippen MR) is 278 cm³/mol. The van der Waals surface area contributed by atoms with Crippen LogP contribution in [0.3, 0.4) is 0 Å². The third kappa shape index (κ3) is 14.7. The van der Waals surface area contributed by atoms with E-state index in [0.29, 0.717) is 57.4 Å². The minimum Gasteiger partial charge on any atom is -0.478 e. The van der Waals surface area contributed by atoms with E-state index < -0.39 is 99.8 Å². The third-order valence-electron chi connectivity index (χ3n) is 12.6. The van der Waals surface area contributed by atoms with Crippen LogP contribution in [-0.4, -0.2) is 188 Å². The second-order valence-electron chi connectivity index (χ2n) is 18.0. The zero-order chi connectivity index (χ0) is 52.6. The maximum absolute atomic E-state index is 13.3. The largest absolute Gasteiger partial charge is 0.478 e. The number of aromatic carboxylic acids is 1. The van der Waals surface area contributed by atoms with Crippen molar-refractivity contribution in [1.82, 2.24) is 25.8 Å². The van der Waals surface area contributed by atoms with Gasteiger partial charge >= 0.3 is 5.97 Å². The molecule has 0 saturated heterocycles. The monoisotopic (exact) mass is 1140 g/mol. The Morgan fingerprint density at radius 2 is 0.753 bits per heavy atom. The van der Waals surface area contributed by atoms with Crippen LogP contribution < -0.4 is 16.0 Å². The Labute approximate surface area is 453 Å². The van der Waals surface area contributed by atoms with Crippen LogP contribution in [0.15, 0.2) is 60.7 Å². The van der Waals surface area contributed by atoms with E-state index in [-0.39, 0.29) is 58.9 Å². The molecule has 0 bridgehead atoms. The van der Waals surface area contributed by atoms with Gasteiger partial charge in [-0.05, 0) is 108 Å². The van der Waals surface area contributed by atoms with Crippen molar-refractivity contribution in [2.45, 2.75) is 41.5 Å². The van der Waals surface area contributed by atoms with Gasteiger partial charge in [-0.2, -0.15) is 0 Å². The van der Waals surface area contributed by atoms with E-state index in [2.05, 4.69) is 16.0 Å². The second kappa shape index (κ2) is 27.2. The number of hydrogen-bond acceptors (Lipinski definition) is 15. The zero-order valence-corrected chi connectivity index (χ0v) is 44.1. The Balaban J connectivity index is 0.000000382. The first kappa shape index (κ1) is 63.4. The first-order chi connectivity index (χ1) is 33.6. The number of aliphatic hydroxyl groups excluding tert-OH is 9. The van der Waals surface area contributed by atoms with Crippen molar-refractivity contribution in [1.29, 1.82) is 0 Å². The molecule has 2 heterocycles. The van der Waals surface area contributed by atoms with Gasteiger partial charge < -0.3 is 76.8 Å². The number of carbonyl (C=O) groups is 4. The zero-order valence-electron chi connectivity index (χ0n) is 39.4. The lowest BCUT2D eigenvalue weighted by molar-refractivity contribution is 0.0371. The van der Waals surface area contributed by atoms with Crippen molar-refractivity contribution in [3.05, 3.63) is 136 Å². The highest BCUT2D eigenvalue weighted by Crippen LogP contribution is 2.41. The fourth-order valence-corrected chi connectivity index (χ4v) is 9.37. The first-order valence-electron chi connectivity index (χ1n) is 21.9. The fraction of sp³-hybridized carbons (Fsp3) is 0.417. The number of amides is 3. The van der Waals surface area contributed by atoms with E-state index in [4.69, 9.17) is 46.4 Å². The lowest BCUT2D eigenvalue weighted by atomic mass is 9.83. The molecule has 4 aromatic rings. The van der Waals surface area contributed by atoms with Crippen LogP contribution in [0.25, 0.3) is 0 Å². The molecule has 0 fully saturated rings. The van der Waals surface area contributed by atoms with Crippen molar-refractivity contribution in [3.8, 4) is 0 Å². The molecule has 0 aliphatic carbocycles. The number of carbonyl (C=O) groups excluding carboxylic acids is 3. The fourth-order valence-electron chi connectivity index (χ4n) is 8.23. The van der Waals surface area contributed by atoms with Gasteiger partial charge in [0.25, 0.3) is 17.7 Å². The Morgan fingerprint density at radius 1 is 0.479 bits per heavy atom. The third-order valence-corrected chi connectivity index (χ3v) is 13.7. The number of fused-ring (bicyclic) bond motifs is 2. The molecular formula is C48H59Cl6N5O14. The second-order valence-corrected chi connectivity index (χ2v) is 19.7. The first-order valence-corrected chi connectivity index (χ1v) is 23.4. The highest BCUT2D eigenvalue weighted by Gasteiger charge is 2.36. The number of rotatable bonds is 18. The van der Waals surface area contributed by atoms with Crippen LogP contribution in [0.4, 0.5) is 0 Å². The summed E-state index contributed by atoms with van der Waals surface area (Å²) in [4.78, 5) is 55.2. The molecule has 19 nitrogen and oxygen atoms in total. The summed E-state index contributed by atoms with van der Waals surface area (Å²) in [5.41, 5.74) is -0.733. The van der Waals surface area contributed by atoms with Crippen LogP contribution in [0.2, 0.25) is 20.1 Å². The van der Waals surface area contributed by atoms with Gasteiger partial charge in [0.15, 0.2) is 0 Å². The SMILES string of the molecule is CN1Cc2c(Cl)cc(Cl)cc2C(c2cc(C(=O)NC(CO)(CO)CO)cc(C(=O)NC(CO)(CO)CO)c2)C1.CN1Cc2c(Cl)cc(Cl)cc2C(c2cc(C(=O)O)cc(C(=O)NC(CO)(CO)CO)c2)C1.Cl.Cl. The number of hydrogen-bond donors (Lipinski definition) is 13. The lowest BCUT2D eigenvalue weighted by Crippen LogP contribution is -2.57. The smallest absolute Gasteiger partial charge is 0.335 e. The molecule has 13 N–H and O–H groups in total. The van der Waals surface area contributed by atoms with E-state index in [1.165, 1.54) is 18.2 Å². The molecule has 0 radical (unpaired) electrons. The molecule has 0 spiro atoms. The van der Waals surface area contributed by atoms with Crippen LogP contribution in [0.1, 0.15) is 86.6 Å². The molecule has 6 rings (SSSR count). The molecule has 2 aliphatic rings. The van der Waals surface area contributed by atoms with Gasteiger partial charge in [-0.15, -0.1) is 24.8 Å². The molecule has 402 valence electrons. The number of carboxylic acid groups (broad SMARTS) is 1. The maximum atomic E-state index is 13.3. The molecule has 25 heteroatoms. The highest BCUT2D eigenvalue weighted by atomic mass is 35.5. The van der Waals surface area contributed by atoms with E-state index in [1.54, 1.807) is 42.5 Å². The van der Waals surface area contributed by atoms with Crippen LogP contribution in [0, 0.1) is 0 Å². The Kier molecular flexibility index (Phi) is 23.6. The number of aliphatic hydroxyl groups is 9. The summed E-state index contributed by atoms with van der Waals surface area (Å²) in [7, 11) is 3.80. The van der Waals surface area contributed by atoms with Gasteiger partial charge in [-0.25, -0.2) is 4.79 Å². The summed E-state index contributed by atoms with van der Waals surface area (Å²) in [6.45, 7) is -4.41. The van der Waals surface area contributed by atoms with E-state index in [0.717, 1.165) is 22.3 Å². The molecule has 0 saturated carbocycles. The van der Waals surface area contributed by atoms with Crippen molar-refractivity contribution >= 4 is 94.9 Å². The van der Waals surface area contributed by atoms with E-state index >= 15 is 0 Å². The summed E-state index contributed by atoms with van der Waals surface area (Å²) < 4.78 is 0. The standard InChI is InChI=1S/C26H33Cl2N3O8.C22H24Cl2N2O6.2ClH/c1-31-7-20(19-5-18(27)6-22(28)21(19)8-31)15-2-16(23(38)29-25(9-32,10-33)11-34)4-17(3-15)24(39)30-26(12-35,13-36)14-37;1-26-7-17(16-5-15(23)6-19(24)18(16)8-26)12-2-13(4-14(3-12)21(31)32)20(30)25-22(9-27,10-28)11-29;;/h2-6,20,32-37H,7-14H2,1H3,(H,29,38)(H,30,39);2-6,17,27-29H,7-11H2,1H3,(H,25,30)(H,31,32);2*1H. The average molecular weight is 1140 g/mol. The molecule has 2 aliphatic heterocycles. The minimum atomic E-state index is -1.71. The quantitative estimate of drug-likeness (QED) is 0.0678. The van der Waals surface area contributed by atoms with E-state index in [9.17, 15) is 70.2 Å². The highest BCUT2D eigenvalue weighted by molar-refractivity contribution is 6.36. The summed E-state index contributed by atoms with van der Waals surface area (Å²) in [6, 6.07) is 15.5. The number of nitrogens with zero attached hydrogens (tertiary/aromatic N) is 2. The molecule has 4 aromatic carbocycles. The predicted octanol–water partition coefficient (Wildman–Crippen LogP) is 2.02. The van der Waals surface area contributed by atoms with Gasteiger partial charge in [0.05, 0.1) is 65.0 Å². The van der Waals surface area contributed by atoms with E-state index in [1.807, 2.05) is 23.9 Å². The van der Waals surface area contributed by atoms with Crippen molar-refractivity contribution in [2.24, 2.45) is 0 Å². The topological polar surface area (TPSA) is 313 Å². The van der Waals surface area contributed by atoms with Crippen molar-refractivity contribution < 1.29 is 70.2 Å². The summed E-state index contributed by atoms with van der Waals surface area (Å²) in [6.07, 6.45) is 0. The van der Waals surface area contributed by atoms with Gasteiger partial charge in [0.2, 0.25) is 0 Å². The molecule has 2 atom stereocenters. The Bertz CT molecular complexity index is 2530. The summed E-state index contributed by atoms with van der Waals surface area (Å²) >= 11 is 25.4. The Morgan fingerprint density at radius 3 is 1.03 bits per heavy atom. The molecule has 73 heavy (non-hydrogen) atoms. The molecule has 0 aromatic heterocycles. The molecular weight excluding hydrogens is 1080 g/mol. The summed E-state index contributed by atoms with van der Waals surface area (Å²) in [5.74, 6) is -4.20. The summed E-state index contributed by atoms with van der Waals surface area (Å²) in [5, 5.41) is 105. The van der Waals surface area contributed by atoms with Gasteiger partial charge in [0.1, 0.15) is 16.6 Å². The lowest BCUT2D eigenvalue weighted by Gasteiger charge is -2.34. The van der Waals surface area contributed by atoms with Crippen LogP contribution >= 0.6 is 71.2 Å². The average Bonchev–Trinajstić information content (AvgIpc) is 3.36. The number of carboxylic acids is 1. The Hall–Kier alpha value is -3.94. The van der Waals surface area contributed by atoms with Crippen LogP contribution in [0.5, 0.6) is 0 Å². The number of likely N-dealkylation sites (N-methyl/N-ethyl adjacent to an activating group) is 2. The van der Waals surface area contributed by atoms with Crippen molar-refractivity contribution in [3.63, 3.8) is 0 Å². The maximum Gasteiger partial charge on any atom is 0.335 e.